The van der Waals surface area contributed by atoms with Crippen LogP contribution in [0.15, 0.2) is 42.5 Å². The van der Waals surface area contributed by atoms with E-state index < -0.39 is 0 Å². The van der Waals surface area contributed by atoms with E-state index in [-0.39, 0.29) is 12.1 Å². The van der Waals surface area contributed by atoms with Gasteiger partial charge in [-0.2, -0.15) is 0 Å². The van der Waals surface area contributed by atoms with Gasteiger partial charge >= 0.3 is 0 Å². The van der Waals surface area contributed by atoms with Crippen molar-refractivity contribution < 1.29 is 9.47 Å². The maximum atomic E-state index is 6.08. The molecule has 2 aliphatic heterocycles. The van der Waals surface area contributed by atoms with Gasteiger partial charge in [0.1, 0.15) is 5.75 Å². The molecule has 0 bridgehead atoms. The summed E-state index contributed by atoms with van der Waals surface area (Å²) in [5.41, 5.74) is 5.06. The molecule has 2 aromatic carbocycles. The van der Waals surface area contributed by atoms with Crippen molar-refractivity contribution in [3.8, 4) is 5.75 Å². The average Bonchev–Trinajstić information content (AvgIpc) is 3.04. The number of benzene rings is 2. The molecule has 1 fully saturated rings. The zero-order valence-corrected chi connectivity index (χ0v) is 13.0. The van der Waals surface area contributed by atoms with Crippen LogP contribution in [0.1, 0.15) is 35.3 Å². The fourth-order valence-electron chi connectivity index (χ4n) is 3.76. The molecule has 0 aromatic heterocycles. The van der Waals surface area contributed by atoms with Crippen LogP contribution in [0.25, 0.3) is 0 Å². The second-order valence-corrected chi connectivity index (χ2v) is 6.23. The largest absolute Gasteiger partial charge is 0.497 e. The van der Waals surface area contributed by atoms with Gasteiger partial charge in [0, 0.05) is 23.8 Å². The summed E-state index contributed by atoms with van der Waals surface area (Å²) in [4.78, 5) is 0. The number of ether oxygens (including phenoxy) is 2. The molecule has 0 radical (unpaired) electrons. The monoisotopic (exact) mass is 295 g/mol. The fraction of sp³-hybridized carbons (Fsp3) is 0.368. The normalized spacial score (nSPS) is 26.0. The first-order chi connectivity index (χ1) is 10.8. The van der Waals surface area contributed by atoms with Crippen molar-refractivity contribution in [1.82, 2.24) is 0 Å². The maximum Gasteiger partial charge on any atom is 0.119 e. The zero-order chi connectivity index (χ0) is 15.1. The van der Waals surface area contributed by atoms with Crippen molar-refractivity contribution in [2.45, 2.75) is 25.5 Å². The van der Waals surface area contributed by atoms with Gasteiger partial charge in [-0.15, -0.1) is 0 Å². The van der Waals surface area contributed by atoms with E-state index in [1.54, 1.807) is 7.11 Å². The minimum atomic E-state index is 0.201. The molecule has 2 aromatic rings. The summed E-state index contributed by atoms with van der Waals surface area (Å²) >= 11 is 0. The minimum absolute atomic E-state index is 0.201. The first-order valence-corrected chi connectivity index (χ1v) is 7.89. The van der Waals surface area contributed by atoms with E-state index in [1.165, 1.54) is 22.4 Å². The Kier molecular flexibility index (Phi) is 3.30. The first-order valence-electron chi connectivity index (χ1n) is 7.89. The van der Waals surface area contributed by atoms with Crippen LogP contribution in [0.2, 0.25) is 0 Å². The number of methoxy groups -OCH3 is 1. The Morgan fingerprint density at radius 2 is 2.09 bits per heavy atom. The van der Waals surface area contributed by atoms with Crippen LogP contribution in [-0.4, -0.2) is 13.7 Å². The molecular weight excluding hydrogens is 274 g/mol. The molecule has 0 unspecified atom stereocenters. The Bertz CT molecular complexity index is 698. The van der Waals surface area contributed by atoms with E-state index in [0.29, 0.717) is 5.92 Å². The minimum Gasteiger partial charge on any atom is -0.497 e. The number of nitrogens with one attached hydrogen (secondary N) is 1. The van der Waals surface area contributed by atoms with E-state index in [0.717, 1.165) is 18.8 Å². The Morgan fingerprint density at radius 3 is 2.95 bits per heavy atom. The lowest BCUT2D eigenvalue weighted by molar-refractivity contribution is 0.0828. The predicted octanol–water partition coefficient (Wildman–Crippen LogP) is 4.25. The van der Waals surface area contributed by atoms with Crippen LogP contribution in [0.4, 0.5) is 5.69 Å². The number of aryl methyl sites for hydroxylation is 1. The van der Waals surface area contributed by atoms with Gasteiger partial charge in [-0.05, 0) is 37.1 Å². The predicted molar refractivity (Wildman–Crippen MR) is 87.3 cm³/mol. The van der Waals surface area contributed by atoms with Gasteiger partial charge in [-0.1, -0.05) is 29.8 Å². The highest BCUT2D eigenvalue weighted by atomic mass is 16.5. The lowest BCUT2D eigenvalue weighted by atomic mass is 9.80. The van der Waals surface area contributed by atoms with Gasteiger partial charge in [0.2, 0.25) is 0 Å². The molecule has 3 nitrogen and oxygen atoms in total. The summed E-state index contributed by atoms with van der Waals surface area (Å²) in [6.07, 6.45) is 1.29. The number of rotatable bonds is 2. The highest BCUT2D eigenvalue weighted by Gasteiger charge is 2.41. The van der Waals surface area contributed by atoms with Crippen LogP contribution < -0.4 is 10.1 Å². The van der Waals surface area contributed by atoms with Crippen LogP contribution >= 0.6 is 0 Å². The lowest BCUT2D eigenvalue weighted by Crippen LogP contribution is -2.29. The van der Waals surface area contributed by atoms with Gasteiger partial charge in [-0.3, -0.25) is 0 Å². The van der Waals surface area contributed by atoms with Gasteiger partial charge < -0.3 is 14.8 Å². The van der Waals surface area contributed by atoms with Crippen molar-refractivity contribution in [3.05, 3.63) is 59.2 Å². The van der Waals surface area contributed by atoms with E-state index in [2.05, 4.69) is 48.6 Å². The summed E-state index contributed by atoms with van der Waals surface area (Å²) < 4.78 is 11.5. The molecule has 1 saturated heterocycles. The van der Waals surface area contributed by atoms with E-state index in [1.807, 2.05) is 6.07 Å². The molecule has 0 saturated carbocycles. The maximum absolute atomic E-state index is 6.08. The molecule has 22 heavy (non-hydrogen) atoms. The molecule has 3 atom stereocenters. The van der Waals surface area contributed by atoms with Gasteiger partial charge in [0.25, 0.3) is 0 Å². The SMILES string of the molecule is COc1cccc([C@H]2Nc3ccc(C)cc3[C@H]3OCC[C@@H]23)c1. The third-order valence-electron chi connectivity index (χ3n) is 4.84. The molecule has 3 heteroatoms. The van der Waals surface area contributed by atoms with Gasteiger partial charge in [0.15, 0.2) is 0 Å². The Labute approximate surface area is 131 Å². The number of anilines is 1. The topological polar surface area (TPSA) is 30.5 Å². The molecule has 4 rings (SSSR count). The molecule has 0 amide bonds. The van der Waals surface area contributed by atoms with Crippen molar-refractivity contribution in [3.63, 3.8) is 0 Å². The molecule has 0 aliphatic carbocycles. The Hall–Kier alpha value is -2.00. The molecule has 2 heterocycles. The van der Waals surface area contributed by atoms with Gasteiger partial charge in [0.05, 0.1) is 19.3 Å². The van der Waals surface area contributed by atoms with Gasteiger partial charge in [-0.25, -0.2) is 0 Å². The van der Waals surface area contributed by atoms with Crippen molar-refractivity contribution in [1.29, 1.82) is 0 Å². The van der Waals surface area contributed by atoms with Crippen LogP contribution in [0.5, 0.6) is 5.75 Å². The molecule has 1 N–H and O–H groups in total. The van der Waals surface area contributed by atoms with E-state index in [9.17, 15) is 0 Å². The second kappa shape index (κ2) is 5.33. The van der Waals surface area contributed by atoms with Crippen molar-refractivity contribution >= 4 is 5.69 Å². The highest BCUT2D eigenvalue weighted by Crippen LogP contribution is 2.50. The summed E-state index contributed by atoms with van der Waals surface area (Å²) in [7, 11) is 1.72. The van der Waals surface area contributed by atoms with E-state index >= 15 is 0 Å². The summed E-state index contributed by atoms with van der Waals surface area (Å²) in [5.74, 6) is 1.38. The van der Waals surface area contributed by atoms with E-state index in [4.69, 9.17) is 9.47 Å². The standard InChI is InChI=1S/C19H21NO2/c1-12-6-7-17-16(10-12)19-15(8-9-22-19)18(20-17)13-4-3-5-14(11-13)21-2/h3-7,10-11,15,18-20H,8-9H2,1-2H3/t15-,18+,19-/m0/s1. The van der Waals surface area contributed by atoms with Crippen LogP contribution in [0, 0.1) is 12.8 Å². The number of hydrogen-bond donors (Lipinski definition) is 1. The summed E-state index contributed by atoms with van der Waals surface area (Å²) in [5, 5.41) is 3.73. The Morgan fingerprint density at radius 1 is 1.18 bits per heavy atom. The Balaban J connectivity index is 1.76. The number of fused-ring (bicyclic) bond motifs is 3. The summed E-state index contributed by atoms with van der Waals surface area (Å²) in [6.45, 7) is 2.98. The lowest BCUT2D eigenvalue weighted by Gasteiger charge is -2.36. The van der Waals surface area contributed by atoms with Crippen molar-refractivity contribution in [2.75, 3.05) is 19.0 Å². The first kappa shape index (κ1) is 13.6. The third kappa shape index (κ3) is 2.17. The second-order valence-electron chi connectivity index (χ2n) is 6.23. The highest BCUT2D eigenvalue weighted by molar-refractivity contribution is 5.58. The van der Waals surface area contributed by atoms with Crippen LogP contribution in [-0.2, 0) is 4.74 Å². The third-order valence-corrected chi connectivity index (χ3v) is 4.84. The molecule has 0 spiro atoms. The smallest absolute Gasteiger partial charge is 0.119 e. The number of hydrogen-bond acceptors (Lipinski definition) is 3. The van der Waals surface area contributed by atoms with Crippen LogP contribution in [0.3, 0.4) is 0 Å². The average molecular weight is 295 g/mol. The van der Waals surface area contributed by atoms with Crippen molar-refractivity contribution in [2.24, 2.45) is 5.92 Å². The fourth-order valence-corrected chi connectivity index (χ4v) is 3.76. The zero-order valence-electron chi connectivity index (χ0n) is 13.0. The molecule has 114 valence electrons. The quantitative estimate of drug-likeness (QED) is 0.898. The molecular formula is C19H21NO2. The molecule has 2 aliphatic rings. The summed E-state index contributed by atoms with van der Waals surface area (Å²) in [6, 6.07) is 15.2.